The number of rotatable bonds is 3. The molecule has 0 bridgehead atoms. The number of nitrogens with one attached hydrogen (secondary N) is 1. The van der Waals surface area contributed by atoms with Gasteiger partial charge in [-0.2, -0.15) is 18.3 Å². The Hall–Kier alpha value is -3.43. The Balaban J connectivity index is 1.86. The normalized spacial score (nSPS) is 11.4. The lowest BCUT2D eigenvalue weighted by molar-refractivity contribution is -0.137. The first-order chi connectivity index (χ1) is 12.7. The van der Waals surface area contributed by atoms with E-state index in [0.717, 1.165) is 23.0 Å². The highest BCUT2D eigenvalue weighted by molar-refractivity contribution is 6.06. The van der Waals surface area contributed by atoms with Crippen molar-refractivity contribution in [1.29, 1.82) is 0 Å². The van der Waals surface area contributed by atoms with Crippen LogP contribution in [0, 0.1) is 12.7 Å². The van der Waals surface area contributed by atoms with E-state index in [4.69, 9.17) is 5.73 Å². The molecule has 6 nitrogen and oxygen atoms in total. The summed E-state index contributed by atoms with van der Waals surface area (Å²) in [5.74, 6) is -1.52. The van der Waals surface area contributed by atoms with Crippen molar-refractivity contribution in [3.63, 3.8) is 0 Å². The number of carbonyl (C=O) groups excluding carboxylic acids is 1. The molecule has 0 saturated heterocycles. The molecule has 0 unspecified atom stereocenters. The number of amides is 1. The van der Waals surface area contributed by atoms with Crippen molar-refractivity contribution in [2.24, 2.45) is 0 Å². The number of halogens is 4. The van der Waals surface area contributed by atoms with Gasteiger partial charge < -0.3 is 11.1 Å². The van der Waals surface area contributed by atoms with Gasteiger partial charge in [-0.25, -0.2) is 14.1 Å². The molecular weight excluding hydrogens is 366 g/mol. The summed E-state index contributed by atoms with van der Waals surface area (Å²) in [4.78, 5) is 15.9. The fourth-order valence-electron chi connectivity index (χ4n) is 2.42. The standard InChI is InChI=1S/C17H13F4N5O/c1-9-3-2-4-12(18)14(9)26-15(22)11(8-24-26)16(27)25-13-6-5-10(7-23-13)17(19,20)21/h2-8H,22H2,1H3,(H,23,25,27). The first-order valence-electron chi connectivity index (χ1n) is 7.62. The Labute approximate surface area is 150 Å². The highest BCUT2D eigenvalue weighted by atomic mass is 19.4. The molecule has 0 atom stereocenters. The number of hydrogen-bond donors (Lipinski definition) is 2. The van der Waals surface area contributed by atoms with Crippen LogP contribution in [0.3, 0.4) is 0 Å². The fourth-order valence-corrected chi connectivity index (χ4v) is 2.42. The predicted molar refractivity (Wildman–Crippen MR) is 89.9 cm³/mol. The molecule has 27 heavy (non-hydrogen) atoms. The smallest absolute Gasteiger partial charge is 0.383 e. The number of aromatic nitrogens is 3. The maximum atomic E-state index is 14.1. The lowest BCUT2D eigenvalue weighted by Gasteiger charge is -2.10. The number of anilines is 2. The summed E-state index contributed by atoms with van der Waals surface area (Å²) in [7, 11) is 0. The molecule has 3 aromatic rings. The molecule has 0 fully saturated rings. The summed E-state index contributed by atoms with van der Waals surface area (Å²) in [5.41, 5.74) is 5.56. The van der Waals surface area contributed by atoms with Crippen molar-refractivity contribution in [1.82, 2.24) is 14.8 Å². The third kappa shape index (κ3) is 3.59. The van der Waals surface area contributed by atoms with Gasteiger partial charge in [0.25, 0.3) is 5.91 Å². The molecule has 0 spiro atoms. The van der Waals surface area contributed by atoms with Crippen LogP contribution in [-0.4, -0.2) is 20.7 Å². The van der Waals surface area contributed by atoms with Gasteiger partial charge in [0.05, 0.1) is 11.8 Å². The van der Waals surface area contributed by atoms with E-state index in [1.165, 1.54) is 12.1 Å². The van der Waals surface area contributed by atoms with Gasteiger partial charge in [0, 0.05) is 6.20 Å². The summed E-state index contributed by atoms with van der Waals surface area (Å²) in [6, 6.07) is 6.22. The number of nitrogen functional groups attached to an aromatic ring is 1. The fraction of sp³-hybridized carbons (Fsp3) is 0.118. The molecule has 1 aromatic carbocycles. The zero-order valence-corrected chi connectivity index (χ0v) is 13.9. The van der Waals surface area contributed by atoms with Crippen molar-refractivity contribution in [3.05, 3.63) is 65.2 Å². The number of pyridine rings is 1. The van der Waals surface area contributed by atoms with Crippen LogP contribution in [0.4, 0.5) is 29.2 Å². The number of alkyl halides is 3. The number of nitrogens with two attached hydrogens (primary N) is 1. The van der Waals surface area contributed by atoms with E-state index >= 15 is 0 Å². The van der Waals surface area contributed by atoms with E-state index in [-0.39, 0.29) is 22.9 Å². The summed E-state index contributed by atoms with van der Waals surface area (Å²) in [6.07, 6.45) is -2.79. The predicted octanol–water partition coefficient (Wildman–Crippen LogP) is 3.57. The van der Waals surface area contributed by atoms with Gasteiger partial charge in [-0.1, -0.05) is 12.1 Å². The lowest BCUT2D eigenvalue weighted by atomic mass is 10.2. The quantitative estimate of drug-likeness (QED) is 0.682. The van der Waals surface area contributed by atoms with Crippen LogP contribution in [0.2, 0.25) is 0 Å². The molecule has 0 aliphatic carbocycles. The third-order valence-corrected chi connectivity index (χ3v) is 3.78. The van der Waals surface area contributed by atoms with Crippen LogP contribution in [0.25, 0.3) is 5.69 Å². The number of hydrogen-bond acceptors (Lipinski definition) is 4. The van der Waals surface area contributed by atoms with Crippen LogP contribution in [0.5, 0.6) is 0 Å². The Morgan fingerprint density at radius 1 is 1.19 bits per heavy atom. The SMILES string of the molecule is Cc1cccc(F)c1-n1ncc(C(=O)Nc2ccc(C(F)(F)F)cn2)c1N. The maximum Gasteiger partial charge on any atom is 0.417 e. The number of aryl methyl sites for hydroxylation is 1. The average Bonchev–Trinajstić information content (AvgIpc) is 2.96. The molecule has 2 heterocycles. The molecule has 0 aliphatic rings. The second kappa shape index (κ2) is 6.71. The summed E-state index contributed by atoms with van der Waals surface area (Å²) in [6.45, 7) is 1.66. The Morgan fingerprint density at radius 3 is 2.52 bits per heavy atom. The Kier molecular flexibility index (Phi) is 4.56. The largest absolute Gasteiger partial charge is 0.417 e. The molecule has 2 aromatic heterocycles. The topological polar surface area (TPSA) is 85.8 Å². The molecule has 10 heteroatoms. The van der Waals surface area contributed by atoms with Crippen molar-refractivity contribution in [2.75, 3.05) is 11.1 Å². The summed E-state index contributed by atoms with van der Waals surface area (Å²) >= 11 is 0. The number of para-hydroxylation sites is 1. The molecular formula is C17H13F4N5O. The highest BCUT2D eigenvalue weighted by Gasteiger charge is 2.30. The van der Waals surface area contributed by atoms with Crippen molar-refractivity contribution < 1.29 is 22.4 Å². The lowest BCUT2D eigenvalue weighted by Crippen LogP contribution is -2.16. The van der Waals surface area contributed by atoms with E-state index in [1.807, 2.05) is 0 Å². The van der Waals surface area contributed by atoms with Crippen LogP contribution in [0.15, 0.2) is 42.7 Å². The van der Waals surface area contributed by atoms with Crippen LogP contribution >= 0.6 is 0 Å². The minimum atomic E-state index is -4.53. The molecule has 3 rings (SSSR count). The van der Waals surface area contributed by atoms with Crippen molar-refractivity contribution in [2.45, 2.75) is 13.1 Å². The summed E-state index contributed by atoms with van der Waals surface area (Å²) in [5, 5.41) is 6.27. The molecule has 1 amide bonds. The van der Waals surface area contributed by atoms with E-state index in [2.05, 4.69) is 15.4 Å². The minimum Gasteiger partial charge on any atom is -0.383 e. The van der Waals surface area contributed by atoms with Crippen molar-refractivity contribution in [3.8, 4) is 5.69 Å². The van der Waals surface area contributed by atoms with Crippen LogP contribution in [-0.2, 0) is 6.18 Å². The van der Waals surface area contributed by atoms with E-state index in [0.29, 0.717) is 11.8 Å². The Bertz CT molecular complexity index is 975. The maximum absolute atomic E-state index is 14.1. The number of benzene rings is 1. The monoisotopic (exact) mass is 379 g/mol. The first kappa shape index (κ1) is 18.4. The summed E-state index contributed by atoms with van der Waals surface area (Å²) < 4.78 is 52.8. The number of carbonyl (C=O) groups is 1. The minimum absolute atomic E-state index is 0.0700. The second-order valence-electron chi connectivity index (χ2n) is 5.64. The highest BCUT2D eigenvalue weighted by Crippen LogP contribution is 2.29. The van der Waals surface area contributed by atoms with Crippen molar-refractivity contribution >= 4 is 17.5 Å². The third-order valence-electron chi connectivity index (χ3n) is 3.78. The molecule has 140 valence electrons. The van der Waals surface area contributed by atoms with E-state index < -0.39 is 23.5 Å². The van der Waals surface area contributed by atoms with Gasteiger partial charge in [0.1, 0.15) is 28.7 Å². The van der Waals surface area contributed by atoms with E-state index in [1.54, 1.807) is 13.0 Å². The zero-order chi connectivity index (χ0) is 19.8. The number of nitrogens with zero attached hydrogens (tertiary/aromatic N) is 3. The molecule has 0 saturated carbocycles. The Morgan fingerprint density at radius 2 is 1.93 bits per heavy atom. The van der Waals surface area contributed by atoms with Gasteiger partial charge in [0.15, 0.2) is 0 Å². The first-order valence-corrected chi connectivity index (χ1v) is 7.62. The van der Waals surface area contributed by atoms with Gasteiger partial charge in [-0.15, -0.1) is 0 Å². The van der Waals surface area contributed by atoms with Gasteiger partial charge in [0.2, 0.25) is 0 Å². The van der Waals surface area contributed by atoms with Crippen LogP contribution in [0.1, 0.15) is 21.5 Å². The van der Waals surface area contributed by atoms with Gasteiger partial charge in [-0.05, 0) is 30.7 Å². The average molecular weight is 379 g/mol. The molecule has 0 aliphatic heterocycles. The zero-order valence-electron chi connectivity index (χ0n) is 13.9. The molecule has 3 N–H and O–H groups in total. The van der Waals surface area contributed by atoms with Gasteiger partial charge >= 0.3 is 6.18 Å². The van der Waals surface area contributed by atoms with Crippen LogP contribution < -0.4 is 11.1 Å². The van der Waals surface area contributed by atoms with Gasteiger partial charge in [-0.3, -0.25) is 4.79 Å². The second-order valence-corrected chi connectivity index (χ2v) is 5.64. The molecule has 0 radical (unpaired) electrons. The van der Waals surface area contributed by atoms with E-state index in [9.17, 15) is 22.4 Å².